The van der Waals surface area contributed by atoms with Crippen LogP contribution in [-0.4, -0.2) is 40.1 Å². The molecule has 0 aliphatic carbocycles. The third kappa shape index (κ3) is 3.69. The highest BCUT2D eigenvalue weighted by molar-refractivity contribution is 5.76. The maximum Gasteiger partial charge on any atom is 0.317 e. The molecular formula is C14H19N3O3. The molecule has 2 N–H and O–H groups in total. The van der Waals surface area contributed by atoms with Crippen molar-refractivity contribution in [2.24, 2.45) is 11.8 Å². The molecular weight excluding hydrogens is 258 g/mol. The lowest BCUT2D eigenvalue weighted by Crippen LogP contribution is -2.49. The molecule has 0 spiro atoms. The van der Waals surface area contributed by atoms with E-state index in [1.807, 2.05) is 19.1 Å². The van der Waals surface area contributed by atoms with Gasteiger partial charge < -0.3 is 15.3 Å². The third-order valence-corrected chi connectivity index (χ3v) is 3.49. The van der Waals surface area contributed by atoms with E-state index in [2.05, 4.69) is 10.3 Å². The molecule has 2 heterocycles. The fraction of sp³-hybridized carbons (Fsp3) is 0.500. The summed E-state index contributed by atoms with van der Waals surface area (Å²) in [6, 6.07) is 3.46. The van der Waals surface area contributed by atoms with Crippen molar-refractivity contribution >= 4 is 12.0 Å². The normalized spacial score (nSPS) is 22.4. The van der Waals surface area contributed by atoms with Crippen LogP contribution in [0.2, 0.25) is 0 Å². The second kappa shape index (κ2) is 6.36. The van der Waals surface area contributed by atoms with Gasteiger partial charge in [-0.2, -0.15) is 0 Å². The minimum absolute atomic E-state index is 0.205. The summed E-state index contributed by atoms with van der Waals surface area (Å²) in [5, 5.41) is 11.9. The van der Waals surface area contributed by atoms with Gasteiger partial charge in [0.05, 0.1) is 5.92 Å². The molecule has 1 saturated heterocycles. The topological polar surface area (TPSA) is 82.5 Å². The van der Waals surface area contributed by atoms with E-state index in [0.29, 0.717) is 19.5 Å². The van der Waals surface area contributed by atoms with Crippen molar-refractivity contribution < 1.29 is 14.7 Å². The van der Waals surface area contributed by atoms with E-state index in [1.54, 1.807) is 17.3 Å². The largest absolute Gasteiger partial charge is 0.481 e. The Kier molecular flexibility index (Phi) is 4.55. The Balaban J connectivity index is 1.90. The minimum Gasteiger partial charge on any atom is -0.481 e. The number of hydrogen-bond donors (Lipinski definition) is 2. The van der Waals surface area contributed by atoms with Crippen LogP contribution >= 0.6 is 0 Å². The van der Waals surface area contributed by atoms with Gasteiger partial charge in [0.2, 0.25) is 0 Å². The molecule has 1 aliphatic heterocycles. The standard InChI is InChI=1S/C14H19N3O3/c1-10-6-12(13(18)19)9-17(8-10)14(20)16-7-11-2-4-15-5-3-11/h2-5,10,12H,6-9H2,1H3,(H,16,20)(H,18,19). The molecule has 1 aliphatic rings. The van der Waals surface area contributed by atoms with Crippen molar-refractivity contribution in [1.82, 2.24) is 15.2 Å². The lowest BCUT2D eigenvalue weighted by molar-refractivity contribution is -0.143. The van der Waals surface area contributed by atoms with E-state index in [9.17, 15) is 9.59 Å². The average Bonchev–Trinajstić information content (AvgIpc) is 2.45. The molecule has 2 atom stereocenters. The highest BCUT2D eigenvalue weighted by Gasteiger charge is 2.31. The van der Waals surface area contributed by atoms with Crippen molar-refractivity contribution in [3.8, 4) is 0 Å². The van der Waals surface area contributed by atoms with Gasteiger partial charge in [0, 0.05) is 32.0 Å². The Bertz CT molecular complexity index is 478. The Morgan fingerprint density at radius 1 is 1.40 bits per heavy atom. The van der Waals surface area contributed by atoms with Gasteiger partial charge >= 0.3 is 12.0 Å². The molecule has 20 heavy (non-hydrogen) atoms. The number of hydrogen-bond acceptors (Lipinski definition) is 3. The van der Waals surface area contributed by atoms with Crippen LogP contribution in [0.3, 0.4) is 0 Å². The molecule has 2 unspecified atom stereocenters. The highest BCUT2D eigenvalue weighted by atomic mass is 16.4. The summed E-state index contributed by atoms with van der Waals surface area (Å²) in [5.74, 6) is -1.09. The second-order valence-electron chi connectivity index (χ2n) is 5.30. The van der Waals surface area contributed by atoms with Crippen LogP contribution in [0.4, 0.5) is 4.79 Å². The predicted molar refractivity (Wildman–Crippen MR) is 73.0 cm³/mol. The van der Waals surface area contributed by atoms with Gasteiger partial charge in [0.1, 0.15) is 0 Å². The van der Waals surface area contributed by atoms with Gasteiger partial charge in [0.15, 0.2) is 0 Å². The Labute approximate surface area is 117 Å². The maximum atomic E-state index is 12.1. The van der Waals surface area contributed by atoms with Crippen molar-refractivity contribution in [2.75, 3.05) is 13.1 Å². The fourth-order valence-electron chi connectivity index (χ4n) is 2.49. The number of urea groups is 1. The second-order valence-corrected chi connectivity index (χ2v) is 5.30. The van der Waals surface area contributed by atoms with Crippen molar-refractivity contribution in [3.63, 3.8) is 0 Å². The van der Waals surface area contributed by atoms with Crippen LogP contribution in [0.1, 0.15) is 18.9 Å². The van der Waals surface area contributed by atoms with Crippen LogP contribution in [0.5, 0.6) is 0 Å². The summed E-state index contributed by atoms with van der Waals surface area (Å²) < 4.78 is 0. The maximum absolute atomic E-state index is 12.1. The minimum atomic E-state index is -0.830. The van der Waals surface area contributed by atoms with Crippen molar-refractivity contribution in [1.29, 1.82) is 0 Å². The molecule has 0 bridgehead atoms. The highest BCUT2D eigenvalue weighted by Crippen LogP contribution is 2.21. The molecule has 1 fully saturated rings. The van der Waals surface area contributed by atoms with Crippen LogP contribution in [0.25, 0.3) is 0 Å². The molecule has 1 aromatic heterocycles. The fourth-order valence-corrected chi connectivity index (χ4v) is 2.49. The number of nitrogens with zero attached hydrogens (tertiary/aromatic N) is 2. The lowest BCUT2D eigenvalue weighted by Gasteiger charge is -2.34. The van der Waals surface area contributed by atoms with E-state index >= 15 is 0 Å². The van der Waals surface area contributed by atoms with E-state index in [4.69, 9.17) is 5.11 Å². The van der Waals surface area contributed by atoms with Gasteiger partial charge in [0.25, 0.3) is 0 Å². The quantitative estimate of drug-likeness (QED) is 0.873. The summed E-state index contributed by atoms with van der Waals surface area (Å²) in [6.07, 6.45) is 3.97. The number of nitrogens with one attached hydrogen (secondary N) is 1. The zero-order valence-electron chi connectivity index (χ0n) is 11.5. The number of rotatable bonds is 3. The van der Waals surface area contributed by atoms with E-state index < -0.39 is 11.9 Å². The average molecular weight is 277 g/mol. The molecule has 0 radical (unpaired) electrons. The van der Waals surface area contributed by atoms with Crippen molar-refractivity contribution in [3.05, 3.63) is 30.1 Å². The Morgan fingerprint density at radius 3 is 2.75 bits per heavy atom. The number of aromatic nitrogens is 1. The zero-order chi connectivity index (χ0) is 14.5. The van der Waals surface area contributed by atoms with Gasteiger partial charge in [-0.05, 0) is 30.0 Å². The number of likely N-dealkylation sites (tertiary alicyclic amines) is 1. The van der Waals surface area contributed by atoms with Crippen LogP contribution < -0.4 is 5.32 Å². The third-order valence-electron chi connectivity index (χ3n) is 3.49. The summed E-state index contributed by atoms with van der Waals surface area (Å²) in [4.78, 5) is 28.7. The van der Waals surface area contributed by atoms with E-state index in [1.165, 1.54) is 0 Å². The molecule has 1 aromatic rings. The first kappa shape index (κ1) is 14.3. The van der Waals surface area contributed by atoms with E-state index in [0.717, 1.165) is 5.56 Å². The lowest BCUT2D eigenvalue weighted by atomic mass is 9.91. The molecule has 2 amide bonds. The first-order valence-electron chi connectivity index (χ1n) is 6.70. The number of aliphatic carboxylic acids is 1. The summed E-state index contributed by atoms with van der Waals surface area (Å²) in [5.41, 5.74) is 0.966. The van der Waals surface area contributed by atoms with Gasteiger partial charge in [-0.3, -0.25) is 9.78 Å². The van der Waals surface area contributed by atoms with Crippen LogP contribution in [-0.2, 0) is 11.3 Å². The number of carbonyl (C=O) groups excluding carboxylic acids is 1. The molecule has 2 rings (SSSR count). The first-order chi connectivity index (χ1) is 9.56. The number of carbonyl (C=O) groups is 2. The Morgan fingerprint density at radius 2 is 2.10 bits per heavy atom. The summed E-state index contributed by atoms with van der Waals surface area (Å²) in [7, 11) is 0. The van der Waals surface area contributed by atoms with Gasteiger partial charge in [-0.15, -0.1) is 0 Å². The number of carboxylic acid groups (broad SMARTS) is 1. The smallest absolute Gasteiger partial charge is 0.317 e. The molecule has 0 aromatic carbocycles. The molecule has 0 saturated carbocycles. The SMILES string of the molecule is CC1CC(C(=O)O)CN(C(=O)NCc2ccncc2)C1. The first-order valence-corrected chi connectivity index (χ1v) is 6.70. The monoisotopic (exact) mass is 277 g/mol. The molecule has 6 heteroatoms. The van der Waals surface area contributed by atoms with Gasteiger partial charge in [-0.25, -0.2) is 4.79 Å². The number of piperidine rings is 1. The number of pyridine rings is 1. The summed E-state index contributed by atoms with van der Waals surface area (Å²) >= 11 is 0. The number of amides is 2. The van der Waals surface area contributed by atoms with Crippen LogP contribution in [0.15, 0.2) is 24.5 Å². The number of carboxylic acids is 1. The van der Waals surface area contributed by atoms with Crippen molar-refractivity contribution in [2.45, 2.75) is 19.9 Å². The molecule has 6 nitrogen and oxygen atoms in total. The van der Waals surface area contributed by atoms with Crippen LogP contribution in [0, 0.1) is 11.8 Å². The zero-order valence-corrected chi connectivity index (χ0v) is 11.5. The van der Waals surface area contributed by atoms with E-state index in [-0.39, 0.29) is 18.5 Å². The predicted octanol–water partition coefficient (Wildman–Crippen LogP) is 1.33. The summed E-state index contributed by atoms with van der Waals surface area (Å²) in [6.45, 7) is 3.27. The van der Waals surface area contributed by atoms with Gasteiger partial charge in [-0.1, -0.05) is 6.92 Å². The molecule has 108 valence electrons. The Hall–Kier alpha value is -2.11.